The van der Waals surface area contributed by atoms with Crippen molar-refractivity contribution in [3.05, 3.63) is 0 Å². The van der Waals surface area contributed by atoms with Crippen molar-refractivity contribution in [3.8, 4) is 0 Å². The predicted molar refractivity (Wildman–Crippen MR) is 73.2 cm³/mol. The van der Waals surface area contributed by atoms with Gasteiger partial charge in [0.15, 0.2) is 0 Å². The minimum absolute atomic E-state index is 0.0613. The van der Waals surface area contributed by atoms with Crippen molar-refractivity contribution >= 4 is 5.91 Å². The molecule has 1 aliphatic rings. The van der Waals surface area contributed by atoms with Crippen molar-refractivity contribution in [1.29, 1.82) is 0 Å². The third-order valence-electron chi connectivity index (χ3n) is 3.92. The fourth-order valence-electron chi connectivity index (χ4n) is 2.64. The molecule has 1 aliphatic carbocycles. The van der Waals surface area contributed by atoms with Gasteiger partial charge in [-0.1, -0.05) is 13.3 Å². The van der Waals surface area contributed by atoms with Gasteiger partial charge in [-0.2, -0.15) is 0 Å². The number of hydrogen-bond donors (Lipinski definition) is 2. The summed E-state index contributed by atoms with van der Waals surface area (Å²) in [5, 5.41) is 3.01. The third-order valence-corrected chi connectivity index (χ3v) is 3.92. The van der Waals surface area contributed by atoms with Crippen LogP contribution in [0.1, 0.15) is 47.0 Å². The summed E-state index contributed by atoms with van der Waals surface area (Å²) in [5.74, 6) is 0.463. The highest BCUT2D eigenvalue weighted by Crippen LogP contribution is 2.29. The van der Waals surface area contributed by atoms with Crippen molar-refractivity contribution in [1.82, 2.24) is 5.32 Å². The van der Waals surface area contributed by atoms with Crippen LogP contribution in [-0.2, 0) is 9.53 Å². The van der Waals surface area contributed by atoms with Crippen LogP contribution in [0.3, 0.4) is 0 Å². The maximum atomic E-state index is 12.2. The van der Waals surface area contributed by atoms with Crippen molar-refractivity contribution < 1.29 is 9.53 Å². The first kappa shape index (κ1) is 15.4. The first-order valence-corrected chi connectivity index (χ1v) is 7.04. The summed E-state index contributed by atoms with van der Waals surface area (Å²) in [5.41, 5.74) is 5.73. The summed E-state index contributed by atoms with van der Waals surface area (Å²) in [6.45, 7) is 9.25. The molecule has 106 valence electrons. The molecule has 18 heavy (non-hydrogen) atoms. The van der Waals surface area contributed by atoms with Crippen LogP contribution in [0.4, 0.5) is 0 Å². The highest BCUT2D eigenvalue weighted by molar-refractivity contribution is 5.79. The van der Waals surface area contributed by atoms with Gasteiger partial charge < -0.3 is 15.8 Å². The van der Waals surface area contributed by atoms with Gasteiger partial charge in [0.2, 0.25) is 5.91 Å². The van der Waals surface area contributed by atoms with Crippen molar-refractivity contribution in [2.45, 2.75) is 58.6 Å². The topological polar surface area (TPSA) is 64.3 Å². The van der Waals surface area contributed by atoms with Crippen molar-refractivity contribution in [3.63, 3.8) is 0 Å². The van der Waals surface area contributed by atoms with Gasteiger partial charge in [-0.05, 0) is 39.5 Å². The van der Waals surface area contributed by atoms with E-state index in [1.807, 2.05) is 20.8 Å². The Morgan fingerprint density at radius 3 is 2.72 bits per heavy atom. The third kappa shape index (κ3) is 4.25. The van der Waals surface area contributed by atoms with E-state index in [2.05, 4.69) is 12.2 Å². The van der Waals surface area contributed by atoms with E-state index in [1.165, 1.54) is 0 Å². The highest BCUT2D eigenvalue weighted by Gasteiger charge is 2.33. The van der Waals surface area contributed by atoms with E-state index in [-0.39, 0.29) is 29.4 Å². The molecule has 3 N–H and O–H groups in total. The number of carbonyl (C=O) groups excluding carboxylic acids is 1. The Balaban J connectivity index is 2.45. The lowest BCUT2D eigenvalue weighted by Crippen LogP contribution is -2.47. The summed E-state index contributed by atoms with van der Waals surface area (Å²) in [6, 6.07) is 0.161. The fraction of sp³-hybridized carbons (Fsp3) is 0.929. The Morgan fingerprint density at radius 1 is 1.44 bits per heavy atom. The molecule has 0 aromatic heterocycles. The normalized spacial score (nSPS) is 29.1. The molecule has 4 heteroatoms. The number of hydrogen-bond acceptors (Lipinski definition) is 3. The van der Waals surface area contributed by atoms with Crippen LogP contribution in [-0.4, -0.2) is 30.7 Å². The summed E-state index contributed by atoms with van der Waals surface area (Å²) in [4.78, 5) is 12.2. The second-order valence-electron chi connectivity index (χ2n) is 5.97. The monoisotopic (exact) mass is 256 g/mol. The van der Waals surface area contributed by atoms with E-state index >= 15 is 0 Å². The molecule has 0 aliphatic heterocycles. The Hall–Kier alpha value is -0.610. The average Bonchev–Trinajstić information content (AvgIpc) is 2.30. The van der Waals surface area contributed by atoms with E-state index in [4.69, 9.17) is 10.5 Å². The Morgan fingerprint density at radius 2 is 2.11 bits per heavy atom. The first-order valence-electron chi connectivity index (χ1n) is 7.04. The summed E-state index contributed by atoms with van der Waals surface area (Å²) < 4.78 is 5.58. The molecule has 3 unspecified atom stereocenters. The molecule has 0 spiro atoms. The minimum Gasteiger partial charge on any atom is -0.374 e. The second kappa shape index (κ2) is 6.53. The average molecular weight is 256 g/mol. The lowest BCUT2D eigenvalue weighted by atomic mass is 9.77. The molecule has 0 aromatic carbocycles. The number of nitrogens with two attached hydrogens (primary N) is 1. The summed E-state index contributed by atoms with van der Waals surface area (Å²) >= 11 is 0. The zero-order valence-electron chi connectivity index (χ0n) is 12.2. The highest BCUT2D eigenvalue weighted by atomic mass is 16.5. The van der Waals surface area contributed by atoms with Crippen LogP contribution in [0.2, 0.25) is 0 Å². The minimum atomic E-state index is -0.301. The number of carbonyl (C=O) groups is 1. The maximum absolute atomic E-state index is 12.2. The van der Waals surface area contributed by atoms with Crippen molar-refractivity contribution in [2.24, 2.45) is 17.6 Å². The van der Waals surface area contributed by atoms with Crippen LogP contribution in [0.5, 0.6) is 0 Å². The second-order valence-corrected chi connectivity index (χ2v) is 5.97. The zero-order valence-corrected chi connectivity index (χ0v) is 12.2. The molecule has 0 saturated heterocycles. The van der Waals surface area contributed by atoms with Crippen LogP contribution in [0.15, 0.2) is 0 Å². The van der Waals surface area contributed by atoms with E-state index in [0.29, 0.717) is 13.2 Å². The number of rotatable bonds is 5. The van der Waals surface area contributed by atoms with E-state index in [9.17, 15) is 4.79 Å². The molecule has 1 rings (SSSR count). The van der Waals surface area contributed by atoms with Crippen LogP contribution in [0, 0.1) is 11.8 Å². The summed E-state index contributed by atoms with van der Waals surface area (Å²) in [6.07, 6.45) is 3.05. The van der Waals surface area contributed by atoms with Crippen LogP contribution >= 0.6 is 0 Å². The lowest BCUT2D eigenvalue weighted by molar-refractivity contribution is -0.129. The van der Waals surface area contributed by atoms with E-state index in [0.717, 1.165) is 19.3 Å². The molecule has 0 bridgehead atoms. The maximum Gasteiger partial charge on any atom is 0.223 e. The number of nitrogens with one attached hydrogen (secondary N) is 1. The van der Waals surface area contributed by atoms with Crippen LogP contribution in [0.25, 0.3) is 0 Å². The molecule has 1 saturated carbocycles. The van der Waals surface area contributed by atoms with E-state index < -0.39 is 0 Å². The quantitative estimate of drug-likeness (QED) is 0.786. The number of ether oxygens (including phenoxy) is 1. The smallest absolute Gasteiger partial charge is 0.223 e. The largest absolute Gasteiger partial charge is 0.374 e. The predicted octanol–water partition coefficient (Wildman–Crippen LogP) is 1.68. The van der Waals surface area contributed by atoms with Crippen LogP contribution < -0.4 is 11.1 Å². The molecule has 1 amide bonds. The van der Waals surface area contributed by atoms with Gasteiger partial charge in [0.05, 0.1) is 5.60 Å². The van der Waals surface area contributed by atoms with Gasteiger partial charge in [0.25, 0.3) is 0 Å². The van der Waals surface area contributed by atoms with Gasteiger partial charge in [-0.15, -0.1) is 0 Å². The molecular formula is C14H28N2O2. The standard InChI is InChI=1S/C14H28N2O2/c1-5-18-14(3,4)9-16-13(17)11-7-6-8-12(15)10(11)2/h10-12H,5-9,15H2,1-4H3,(H,16,17). The Bertz CT molecular complexity index is 279. The zero-order chi connectivity index (χ0) is 13.8. The Kier molecular flexibility index (Phi) is 5.60. The Labute approximate surface area is 111 Å². The van der Waals surface area contributed by atoms with Crippen molar-refractivity contribution in [2.75, 3.05) is 13.2 Å². The van der Waals surface area contributed by atoms with E-state index in [1.54, 1.807) is 0 Å². The molecule has 4 nitrogen and oxygen atoms in total. The van der Waals surface area contributed by atoms with Gasteiger partial charge >= 0.3 is 0 Å². The fourth-order valence-corrected chi connectivity index (χ4v) is 2.64. The van der Waals surface area contributed by atoms with Gasteiger partial charge in [-0.25, -0.2) is 0 Å². The molecule has 0 radical (unpaired) electrons. The first-order chi connectivity index (χ1) is 8.37. The molecule has 0 heterocycles. The van der Waals surface area contributed by atoms with Gasteiger partial charge in [-0.3, -0.25) is 4.79 Å². The molecule has 3 atom stereocenters. The molecule has 0 aromatic rings. The van der Waals surface area contributed by atoms with Gasteiger partial charge in [0, 0.05) is 25.1 Å². The summed E-state index contributed by atoms with van der Waals surface area (Å²) in [7, 11) is 0. The number of amides is 1. The molecular weight excluding hydrogens is 228 g/mol. The van der Waals surface area contributed by atoms with Gasteiger partial charge in [0.1, 0.15) is 0 Å². The lowest BCUT2D eigenvalue weighted by Gasteiger charge is -2.34. The molecule has 1 fully saturated rings. The SMILES string of the molecule is CCOC(C)(C)CNC(=O)C1CCCC(N)C1C.